The first-order valence-electron chi connectivity index (χ1n) is 11.8. The SMILES string of the molecule is CC(C)Oc1ccc(C(C)NC(=O)C2CCN(C(=O)c3cccc4ccccc34)CC2)cc1. The number of hydrogen-bond acceptors (Lipinski definition) is 3. The number of amides is 2. The van der Waals surface area contributed by atoms with Gasteiger partial charge >= 0.3 is 0 Å². The second-order valence-corrected chi connectivity index (χ2v) is 9.06. The lowest BCUT2D eigenvalue weighted by atomic mass is 9.94. The molecule has 5 heteroatoms. The highest BCUT2D eigenvalue weighted by molar-refractivity contribution is 6.07. The predicted molar refractivity (Wildman–Crippen MR) is 131 cm³/mol. The third-order valence-electron chi connectivity index (χ3n) is 6.28. The van der Waals surface area contributed by atoms with Crippen molar-refractivity contribution in [2.24, 2.45) is 5.92 Å². The molecule has 0 aromatic heterocycles. The highest BCUT2D eigenvalue weighted by atomic mass is 16.5. The molecule has 0 saturated carbocycles. The Morgan fingerprint density at radius 3 is 2.27 bits per heavy atom. The van der Waals surface area contributed by atoms with E-state index in [1.807, 2.05) is 92.4 Å². The molecule has 1 saturated heterocycles. The monoisotopic (exact) mass is 444 g/mol. The van der Waals surface area contributed by atoms with Crippen LogP contribution in [0.25, 0.3) is 10.8 Å². The minimum absolute atomic E-state index is 0.0442. The van der Waals surface area contributed by atoms with Crippen LogP contribution in [-0.4, -0.2) is 35.9 Å². The van der Waals surface area contributed by atoms with Crippen LogP contribution in [0.4, 0.5) is 0 Å². The van der Waals surface area contributed by atoms with E-state index in [1.165, 1.54) is 0 Å². The van der Waals surface area contributed by atoms with Crippen molar-refractivity contribution in [1.29, 1.82) is 0 Å². The molecule has 4 rings (SSSR count). The quantitative estimate of drug-likeness (QED) is 0.557. The number of fused-ring (bicyclic) bond motifs is 1. The molecule has 1 N–H and O–H groups in total. The summed E-state index contributed by atoms with van der Waals surface area (Å²) < 4.78 is 5.69. The maximum absolute atomic E-state index is 13.2. The Balaban J connectivity index is 1.32. The third kappa shape index (κ3) is 5.36. The zero-order chi connectivity index (χ0) is 23.4. The summed E-state index contributed by atoms with van der Waals surface area (Å²) in [7, 11) is 0. The maximum atomic E-state index is 13.2. The maximum Gasteiger partial charge on any atom is 0.254 e. The van der Waals surface area contributed by atoms with Gasteiger partial charge in [0, 0.05) is 24.6 Å². The first kappa shape index (κ1) is 22.8. The summed E-state index contributed by atoms with van der Waals surface area (Å²) in [5.41, 5.74) is 1.78. The number of rotatable bonds is 6. The van der Waals surface area contributed by atoms with Gasteiger partial charge in [-0.25, -0.2) is 0 Å². The average Bonchev–Trinajstić information content (AvgIpc) is 2.83. The highest BCUT2D eigenvalue weighted by Crippen LogP contribution is 2.25. The van der Waals surface area contributed by atoms with Gasteiger partial charge in [0.15, 0.2) is 0 Å². The minimum Gasteiger partial charge on any atom is -0.491 e. The predicted octanol–water partition coefficient (Wildman–Crippen LogP) is 5.36. The second kappa shape index (κ2) is 10.1. The van der Waals surface area contributed by atoms with Crippen molar-refractivity contribution < 1.29 is 14.3 Å². The van der Waals surface area contributed by atoms with Crippen LogP contribution in [0.15, 0.2) is 66.7 Å². The molecule has 0 spiro atoms. The fourth-order valence-corrected chi connectivity index (χ4v) is 4.45. The van der Waals surface area contributed by atoms with Crippen molar-refractivity contribution in [3.05, 3.63) is 77.9 Å². The van der Waals surface area contributed by atoms with Crippen molar-refractivity contribution in [2.45, 2.75) is 45.8 Å². The largest absolute Gasteiger partial charge is 0.491 e. The van der Waals surface area contributed by atoms with Gasteiger partial charge in [-0.05, 0) is 68.1 Å². The van der Waals surface area contributed by atoms with Crippen LogP contribution in [0.1, 0.15) is 55.6 Å². The summed E-state index contributed by atoms with van der Waals surface area (Å²) in [6.07, 6.45) is 1.48. The molecule has 0 radical (unpaired) electrons. The zero-order valence-electron chi connectivity index (χ0n) is 19.6. The lowest BCUT2D eigenvalue weighted by Gasteiger charge is -2.32. The van der Waals surface area contributed by atoms with E-state index in [1.54, 1.807) is 0 Å². The first-order valence-corrected chi connectivity index (χ1v) is 11.8. The second-order valence-electron chi connectivity index (χ2n) is 9.06. The van der Waals surface area contributed by atoms with E-state index in [0.717, 1.165) is 27.6 Å². The Bertz CT molecular complexity index is 1110. The summed E-state index contributed by atoms with van der Waals surface area (Å²) in [6, 6.07) is 21.6. The molecule has 1 fully saturated rings. The summed E-state index contributed by atoms with van der Waals surface area (Å²) in [6.45, 7) is 7.18. The van der Waals surface area contributed by atoms with Crippen LogP contribution < -0.4 is 10.1 Å². The Morgan fingerprint density at radius 2 is 1.58 bits per heavy atom. The van der Waals surface area contributed by atoms with E-state index in [2.05, 4.69) is 5.32 Å². The molecule has 1 atom stereocenters. The number of nitrogens with one attached hydrogen (secondary N) is 1. The van der Waals surface area contributed by atoms with Crippen LogP contribution in [0.3, 0.4) is 0 Å². The van der Waals surface area contributed by atoms with E-state index < -0.39 is 0 Å². The Kier molecular flexibility index (Phi) is 6.97. The smallest absolute Gasteiger partial charge is 0.254 e. The summed E-state index contributed by atoms with van der Waals surface area (Å²) in [5.74, 6) is 0.855. The standard InChI is InChI=1S/C28H32N2O3/c1-19(2)33-24-13-11-21(12-14-24)20(3)29-27(31)23-15-17-30(18-16-23)28(32)26-10-6-8-22-7-4-5-9-25(22)26/h4-14,19-20,23H,15-18H2,1-3H3,(H,29,31). The molecule has 1 aliphatic heterocycles. The average molecular weight is 445 g/mol. The molecule has 0 aliphatic carbocycles. The summed E-state index contributed by atoms with van der Waals surface area (Å²) >= 11 is 0. The molecular formula is C28H32N2O3. The van der Waals surface area contributed by atoms with Crippen molar-refractivity contribution >= 4 is 22.6 Å². The molecule has 1 unspecified atom stereocenters. The normalized spacial score (nSPS) is 15.5. The molecule has 172 valence electrons. The summed E-state index contributed by atoms with van der Waals surface area (Å²) in [5, 5.41) is 5.18. The molecule has 3 aromatic rings. The van der Waals surface area contributed by atoms with E-state index >= 15 is 0 Å². The van der Waals surface area contributed by atoms with E-state index in [9.17, 15) is 9.59 Å². The third-order valence-corrected chi connectivity index (χ3v) is 6.28. The van der Waals surface area contributed by atoms with Crippen LogP contribution in [0.5, 0.6) is 5.75 Å². The molecular weight excluding hydrogens is 412 g/mol. The molecule has 5 nitrogen and oxygen atoms in total. The van der Waals surface area contributed by atoms with E-state index in [-0.39, 0.29) is 29.9 Å². The molecule has 3 aromatic carbocycles. The van der Waals surface area contributed by atoms with Gasteiger partial charge in [-0.3, -0.25) is 9.59 Å². The number of likely N-dealkylation sites (tertiary alicyclic amines) is 1. The van der Waals surface area contributed by atoms with Crippen LogP contribution in [-0.2, 0) is 4.79 Å². The molecule has 0 bridgehead atoms. The molecule has 1 aliphatic rings. The minimum atomic E-state index is -0.0825. The zero-order valence-corrected chi connectivity index (χ0v) is 19.6. The summed E-state index contributed by atoms with van der Waals surface area (Å²) in [4.78, 5) is 27.9. The van der Waals surface area contributed by atoms with Crippen molar-refractivity contribution in [3.63, 3.8) is 0 Å². The molecule has 33 heavy (non-hydrogen) atoms. The molecule has 2 amide bonds. The topological polar surface area (TPSA) is 58.6 Å². The lowest BCUT2D eigenvalue weighted by Crippen LogP contribution is -2.43. The van der Waals surface area contributed by atoms with Crippen molar-refractivity contribution in [2.75, 3.05) is 13.1 Å². The van der Waals surface area contributed by atoms with Crippen molar-refractivity contribution in [1.82, 2.24) is 10.2 Å². The number of hydrogen-bond donors (Lipinski definition) is 1. The van der Waals surface area contributed by atoms with Crippen LogP contribution in [0.2, 0.25) is 0 Å². The van der Waals surface area contributed by atoms with Crippen molar-refractivity contribution in [3.8, 4) is 5.75 Å². The van der Waals surface area contributed by atoms with Crippen LogP contribution >= 0.6 is 0 Å². The highest BCUT2D eigenvalue weighted by Gasteiger charge is 2.29. The van der Waals surface area contributed by atoms with E-state index in [0.29, 0.717) is 25.9 Å². The van der Waals surface area contributed by atoms with Gasteiger partial charge in [0.2, 0.25) is 5.91 Å². The van der Waals surface area contributed by atoms with Gasteiger partial charge in [-0.2, -0.15) is 0 Å². The van der Waals surface area contributed by atoms with Gasteiger partial charge in [0.05, 0.1) is 12.1 Å². The first-order chi connectivity index (χ1) is 15.9. The fourth-order valence-electron chi connectivity index (χ4n) is 4.45. The number of ether oxygens (including phenoxy) is 1. The number of piperidine rings is 1. The van der Waals surface area contributed by atoms with Gasteiger partial charge in [0.1, 0.15) is 5.75 Å². The fraction of sp³-hybridized carbons (Fsp3) is 0.357. The van der Waals surface area contributed by atoms with Gasteiger partial charge in [-0.15, -0.1) is 0 Å². The Hall–Kier alpha value is -3.34. The van der Waals surface area contributed by atoms with Gasteiger partial charge < -0.3 is 15.0 Å². The molecule has 1 heterocycles. The van der Waals surface area contributed by atoms with E-state index in [4.69, 9.17) is 4.74 Å². The van der Waals surface area contributed by atoms with Gasteiger partial charge in [0.25, 0.3) is 5.91 Å². The van der Waals surface area contributed by atoms with Gasteiger partial charge in [-0.1, -0.05) is 48.5 Å². The number of carbonyl (C=O) groups is 2. The Morgan fingerprint density at radius 1 is 0.909 bits per heavy atom. The number of carbonyl (C=O) groups excluding carboxylic acids is 2. The number of benzene rings is 3. The lowest BCUT2D eigenvalue weighted by molar-refractivity contribution is -0.126. The Labute approximate surface area is 195 Å². The van der Waals surface area contributed by atoms with Crippen LogP contribution in [0, 0.1) is 5.92 Å². The number of nitrogens with zero attached hydrogens (tertiary/aromatic N) is 1.